The van der Waals surface area contributed by atoms with Crippen LogP contribution in [0.3, 0.4) is 0 Å². The maximum absolute atomic E-state index is 9.21. The Labute approximate surface area is 206 Å². The first-order valence-electron chi connectivity index (χ1n) is 12.6. The molecular weight excluding hydrogens is 436 g/mol. The molecule has 2 fully saturated rings. The van der Waals surface area contributed by atoms with Gasteiger partial charge in [-0.1, -0.05) is 30.3 Å². The van der Waals surface area contributed by atoms with E-state index < -0.39 is 0 Å². The molecule has 0 bridgehead atoms. The maximum Gasteiger partial charge on any atom is 0.318 e. The van der Waals surface area contributed by atoms with Crippen molar-refractivity contribution in [3.05, 3.63) is 59.1 Å². The molecule has 0 unspecified atom stereocenters. The molecule has 179 valence electrons. The molecule has 3 aromatic rings. The van der Waals surface area contributed by atoms with Crippen LogP contribution < -0.4 is 19.9 Å². The number of hydrogen-bond donors (Lipinski definition) is 1. The third-order valence-electron chi connectivity index (χ3n) is 7.36. The lowest BCUT2D eigenvalue weighted by Crippen LogP contribution is -2.51. The number of nitrogens with zero attached hydrogens (tertiary/aromatic N) is 5. The van der Waals surface area contributed by atoms with Crippen LogP contribution in [0.2, 0.25) is 0 Å². The third kappa shape index (κ3) is 4.51. The van der Waals surface area contributed by atoms with E-state index in [0.29, 0.717) is 19.0 Å². The summed E-state index contributed by atoms with van der Waals surface area (Å²) >= 11 is 0. The number of aryl methyl sites for hydroxylation is 1. The normalized spacial score (nSPS) is 19.9. The van der Waals surface area contributed by atoms with E-state index in [9.17, 15) is 5.26 Å². The second kappa shape index (κ2) is 9.35. The fourth-order valence-corrected chi connectivity index (χ4v) is 5.35. The van der Waals surface area contributed by atoms with E-state index in [1.54, 1.807) is 0 Å². The molecule has 1 aromatic heterocycles. The highest BCUT2D eigenvalue weighted by atomic mass is 16.5. The van der Waals surface area contributed by atoms with Crippen LogP contribution in [-0.4, -0.2) is 48.8 Å². The number of aromatic nitrogens is 2. The monoisotopic (exact) mass is 467 g/mol. The maximum atomic E-state index is 9.21. The largest absolute Gasteiger partial charge is 0.463 e. The molecule has 1 radical (unpaired) electrons. The van der Waals surface area contributed by atoms with Gasteiger partial charge in [0.25, 0.3) is 0 Å². The summed E-state index contributed by atoms with van der Waals surface area (Å²) in [6.07, 6.45) is 3.69. The van der Waals surface area contributed by atoms with E-state index in [4.69, 9.17) is 14.7 Å². The summed E-state index contributed by atoms with van der Waals surface area (Å²) in [5.74, 6) is 2.42. The number of fused-ring (bicyclic) bond motifs is 2. The average molecular weight is 468 g/mol. The van der Waals surface area contributed by atoms with Gasteiger partial charge in [-0.05, 0) is 43.2 Å². The van der Waals surface area contributed by atoms with E-state index in [0.717, 1.165) is 63.5 Å². The van der Waals surface area contributed by atoms with Crippen molar-refractivity contribution in [3.63, 3.8) is 0 Å². The number of ether oxygens (including phenoxy) is 1. The molecule has 2 aromatic carbocycles. The topological polar surface area (TPSA) is 77.3 Å². The highest BCUT2D eigenvalue weighted by Gasteiger charge is 2.30. The van der Waals surface area contributed by atoms with Gasteiger partial charge < -0.3 is 19.9 Å². The Kier molecular flexibility index (Phi) is 5.91. The molecule has 0 amide bonds. The lowest BCUT2D eigenvalue weighted by Gasteiger charge is -2.37. The first-order chi connectivity index (χ1) is 17.2. The minimum atomic E-state index is 0.157. The van der Waals surface area contributed by atoms with E-state index in [1.807, 2.05) is 0 Å². The zero-order valence-electron chi connectivity index (χ0n) is 20.3. The first-order valence-corrected chi connectivity index (χ1v) is 12.6. The number of rotatable bonds is 6. The van der Waals surface area contributed by atoms with Crippen LogP contribution >= 0.6 is 0 Å². The van der Waals surface area contributed by atoms with Crippen molar-refractivity contribution < 1.29 is 4.74 Å². The average Bonchev–Trinajstić information content (AvgIpc) is 3.72. The second-order valence-corrected chi connectivity index (χ2v) is 9.87. The number of hydrogen-bond acceptors (Lipinski definition) is 7. The highest BCUT2D eigenvalue weighted by molar-refractivity contribution is 5.97. The Bertz CT molecular complexity index is 1280. The molecule has 35 heavy (non-hydrogen) atoms. The van der Waals surface area contributed by atoms with Gasteiger partial charge in [-0.3, -0.25) is 0 Å². The number of piperazine rings is 1. The highest BCUT2D eigenvalue weighted by Crippen LogP contribution is 2.36. The number of nitriles is 1. The van der Waals surface area contributed by atoms with Gasteiger partial charge in [0, 0.05) is 54.8 Å². The summed E-state index contributed by atoms with van der Waals surface area (Å²) < 4.78 is 6.06. The van der Waals surface area contributed by atoms with Crippen LogP contribution in [0.25, 0.3) is 10.8 Å². The van der Waals surface area contributed by atoms with Crippen molar-refractivity contribution >= 4 is 22.3 Å². The van der Waals surface area contributed by atoms with Crippen molar-refractivity contribution in [1.29, 1.82) is 5.26 Å². The summed E-state index contributed by atoms with van der Waals surface area (Å²) in [6, 6.07) is 16.0. The lowest BCUT2D eigenvalue weighted by molar-refractivity contribution is 0.313. The fraction of sp³-hybridized carbons (Fsp3) is 0.429. The SMILES string of the molecule is Cc1cccc2cccc(N3CCc4c(nc(OC[C]5CC5)nc4N4CCN[C@@H](CC#N)C4)C3)c12. The van der Waals surface area contributed by atoms with Gasteiger partial charge in [0.15, 0.2) is 0 Å². The zero-order valence-corrected chi connectivity index (χ0v) is 20.3. The molecule has 1 atom stereocenters. The van der Waals surface area contributed by atoms with Gasteiger partial charge in [-0.15, -0.1) is 0 Å². The predicted octanol–water partition coefficient (Wildman–Crippen LogP) is 3.94. The summed E-state index contributed by atoms with van der Waals surface area (Å²) in [5.41, 5.74) is 4.83. The molecule has 2 aliphatic heterocycles. The zero-order chi connectivity index (χ0) is 23.8. The Morgan fingerprint density at radius 3 is 2.77 bits per heavy atom. The van der Waals surface area contributed by atoms with E-state index >= 15 is 0 Å². The van der Waals surface area contributed by atoms with Crippen LogP contribution in [0.15, 0.2) is 36.4 Å². The van der Waals surface area contributed by atoms with Crippen molar-refractivity contribution in [3.8, 4) is 12.1 Å². The second-order valence-electron chi connectivity index (χ2n) is 9.87. The molecule has 1 saturated heterocycles. The molecule has 0 spiro atoms. The minimum Gasteiger partial charge on any atom is -0.463 e. The van der Waals surface area contributed by atoms with Gasteiger partial charge in [-0.25, -0.2) is 0 Å². The van der Waals surface area contributed by atoms with Crippen molar-refractivity contribution in [1.82, 2.24) is 15.3 Å². The molecule has 1 aliphatic carbocycles. The van der Waals surface area contributed by atoms with E-state index in [2.05, 4.69) is 64.5 Å². The van der Waals surface area contributed by atoms with Gasteiger partial charge in [0.2, 0.25) is 0 Å². The Morgan fingerprint density at radius 2 is 1.94 bits per heavy atom. The smallest absolute Gasteiger partial charge is 0.318 e. The summed E-state index contributed by atoms with van der Waals surface area (Å²) in [6.45, 7) is 6.95. The summed E-state index contributed by atoms with van der Waals surface area (Å²) in [5, 5.41) is 15.3. The molecule has 6 rings (SSSR count). The first kappa shape index (κ1) is 22.1. The minimum absolute atomic E-state index is 0.157. The molecule has 1 saturated carbocycles. The van der Waals surface area contributed by atoms with Gasteiger partial charge in [0.05, 0.1) is 31.3 Å². The van der Waals surface area contributed by atoms with Crippen LogP contribution in [-0.2, 0) is 13.0 Å². The molecule has 7 nitrogen and oxygen atoms in total. The van der Waals surface area contributed by atoms with Crippen LogP contribution in [0, 0.1) is 24.2 Å². The molecule has 7 heteroatoms. The molecule has 1 N–H and O–H groups in total. The summed E-state index contributed by atoms with van der Waals surface area (Å²) in [7, 11) is 0. The van der Waals surface area contributed by atoms with Crippen molar-refractivity contribution in [2.75, 3.05) is 42.6 Å². The Hall–Kier alpha value is -3.37. The Balaban J connectivity index is 1.35. The quantitative estimate of drug-likeness (QED) is 0.588. The van der Waals surface area contributed by atoms with Gasteiger partial charge in [0.1, 0.15) is 5.82 Å². The van der Waals surface area contributed by atoms with Gasteiger partial charge in [-0.2, -0.15) is 15.2 Å². The molecule has 3 heterocycles. The molecule has 3 aliphatic rings. The van der Waals surface area contributed by atoms with Crippen LogP contribution in [0.1, 0.15) is 36.1 Å². The predicted molar refractivity (Wildman–Crippen MR) is 138 cm³/mol. The van der Waals surface area contributed by atoms with Crippen LogP contribution in [0.4, 0.5) is 11.5 Å². The fourth-order valence-electron chi connectivity index (χ4n) is 5.35. The third-order valence-corrected chi connectivity index (χ3v) is 7.36. The number of anilines is 2. The lowest BCUT2D eigenvalue weighted by atomic mass is 9.99. The van der Waals surface area contributed by atoms with Crippen LogP contribution in [0.5, 0.6) is 6.01 Å². The standard InChI is InChI=1S/C28H31N6O/c1-19-4-2-5-21-6-3-7-25(26(19)21)33-14-11-23-24(17-33)31-28(35-18-20-8-9-20)32-27(23)34-15-13-30-22(16-34)10-12-29/h2-7,22,30H,8-11,13-18H2,1H3/t22-/m0/s1. The molecular formula is C28H31N6O. The number of nitrogens with one attached hydrogen (secondary N) is 1. The van der Waals surface area contributed by atoms with E-state index in [-0.39, 0.29) is 6.04 Å². The summed E-state index contributed by atoms with van der Waals surface area (Å²) in [4.78, 5) is 14.6. The van der Waals surface area contributed by atoms with Crippen molar-refractivity contribution in [2.24, 2.45) is 0 Å². The Morgan fingerprint density at radius 1 is 1.09 bits per heavy atom. The van der Waals surface area contributed by atoms with Crippen molar-refractivity contribution in [2.45, 2.75) is 45.2 Å². The van der Waals surface area contributed by atoms with Gasteiger partial charge >= 0.3 is 6.01 Å². The van der Waals surface area contributed by atoms with E-state index in [1.165, 1.54) is 33.5 Å². The number of benzene rings is 2.